The second kappa shape index (κ2) is 15.1. The lowest BCUT2D eigenvalue weighted by Gasteiger charge is -2.34. The van der Waals surface area contributed by atoms with Crippen LogP contribution in [0, 0.1) is 12.3 Å². The van der Waals surface area contributed by atoms with E-state index < -0.39 is 53.2 Å². The number of carbonyl (C=O) groups excluding carboxylic acids is 4. The molecule has 230 valence electrons. The second-order valence-corrected chi connectivity index (χ2v) is 12.1. The van der Waals surface area contributed by atoms with Crippen molar-refractivity contribution >= 4 is 23.9 Å². The Labute approximate surface area is 255 Å². The number of esters is 1. The summed E-state index contributed by atoms with van der Waals surface area (Å²) in [4.78, 5) is 54.9. The summed E-state index contributed by atoms with van der Waals surface area (Å²) in [7, 11) is 0. The van der Waals surface area contributed by atoms with Gasteiger partial charge in [-0.1, -0.05) is 54.5 Å². The van der Waals surface area contributed by atoms with Gasteiger partial charge in [0.15, 0.2) is 0 Å². The SMILES string of the molecule is C#Cc1ccc(C(C(=O)NC(Cc2ccccc2)C(=O)OC(C)(C)C)N(CC=C)C(=O)C(C)NC(=O)OC(C)(C)C)cc1. The Morgan fingerprint density at radius 2 is 1.51 bits per heavy atom. The van der Waals surface area contributed by atoms with E-state index in [9.17, 15) is 19.2 Å². The van der Waals surface area contributed by atoms with Crippen LogP contribution in [-0.4, -0.2) is 58.6 Å². The lowest BCUT2D eigenvalue weighted by molar-refractivity contribution is -0.159. The molecule has 3 amide bonds. The fraction of sp³-hybridized carbons (Fsp3) is 0.412. The highest BCUT2D eigenvalue weighted by molar-refractivity contribution is 5.94. The number of amides is 3. The summed E-state index contributed by atoms with van der Waals surface area (Å²) in [5, 5.41) is 5.36. The zero-order chi connectivity index (χ0) is 32.4. The van der Waals surface area contributed by atoms with Crippen molar-refractivity contribution in [3.63, 3.8) is 0 Å². The molecule has 0 aliphatic heterocycles. The normalized spacial score (nSPS) is 13.3. The molecular formula is C34H43N3O6. The third kappa shape index (κ3) is 11.3. The van der Waals surface area contributed by atoms with Gasteiger partial charge in [-0.25, -0.2) is 9.59 Å². The van der Waals surface area contributed by atoms with E-state index in [1.165, 1.54) is 17.9 Å². The minimum absolute atomic E-state index is 0.0378. The molecular weight excluding hydrogens is 546 g/mol. The standard InChI is InChI=1S/C34H43N3O6/c1-10-21-37(30(39)23(3)35-32(41)43-34(7,8)9)28(26-19-17-24(11-2)18-20-26)29(38)36-27(31(40)42-33(4,5)6)22-25-15-13-12-14-16-25/h2,10,12-20,23,27-28H,1,21-22H2,3-9H3,(H,35,41)(H,36,38). The third-order valence-electron chi connectivity index (χ3n) is 5.96. The monoisotopic (exact) mass is 589 g/mol. The molecule has 0 bridgehead atoms. The van der Waals surface area contributed by atoms with Gasteiger partial charge in [-0.15, -0.1) is 13.0 Å². The van der Waals surface area contributed by atoms with E-state index in [0.29, 0.717) is 11.1 Å². The highest BCUT2D eigenvalue weighted by Crippen LogP contribution is 2.24. The molecule has 2 N–H and O–H groups in total. The van der Waals surface area contributed by atoms with Gasteiger partial charge in [0.05, 0.1) is 0 Å². The van der Waals surface area contributed by atoms with E-state index in [1.54, 1.807) is 65.8 Å². The molecule has 9 nitrogen and oxygen atoms in total. The van der Waals surface area contributed by atoms with Gasteiger partial charge >= 0.3 is 12.1 Å². The highest BCUT2D eigenvalue weighted by Gasteiger charge is 2.37. The Morgan fingerprint density at radius 3 is 2.02 bits per heavy atom. The van der Waals surface area contributed by atoms with Crippen molar-refractivity contribution in [3.05, 3.63) is 83.9 Å². The molecule has 9 heteroatoms. The maximum Gasteiger partial charge on any atom is 0.408 e. The molecule has 0 heterocycles. The molecule has 0 aliphatic carbocycles. The first kappa shape index (κ1) is 34.6. The molecule has 2 aromatic rings. The quantitative estimate of drug-likeness (QED) is 0.223. The van der Waals surface area contributed by atoms with Crippen molar-refractivity contribution in [3.8, 4) is 12.3 Å². The fourth-order valence-electron chi connectivity index (χ4n) is 4.16. The second-order valence-electron chi connectivity index (χ2n) is 12.1. The van der Waals surface area contributed by atoms with E-state index in [1.807, 2.05) is 30.3 Å². The number of benzene rings is 2. The maximum absolute atomic E-state index is 14.1. The summed E-state index contributed by atoms with van der Waals surface area (Å²) in [5.41, 5.74) is 0.265. The number of rotatable bonds is 11. The minimum atomic E-state index is -1.21. The summed E-state index contributed by atoms with van der Waals surface area (Å²) < 4.78 is 10.9. The van der Waals surface area contributed by atoms with E-state index in [4.69, 9.17) is 15.9 Å². The smallest absolute Gasteiger partial charge is 0.408 e. The highest BCUT2D eigenvalue weighted by atomic mass is 16.6. The fourth-order valence-corrected chi connectivity index (χ4v) is 4.16. The van der Waals surface area contributed by atoms with Crippen LogP contribution in [-0.2, 0) is 30.3 Å². The molecule has 0 aliphatic rings. The molecule has 3 atom stereocenters. The van der Waals surface area contributed by atoms with Crippen LogP contribution in [0.1, 0.15) is 71.2 Å². The van der Waals surface area contributed by atoms with Crippen molar-refractivity contribution in [2.24, 2.45) is 0 Å². The Balaban J connectivity index is 2.51. The molecule has 0 aromatic heterocycles. The number of hydrogen-bond donors (Lipinski definition) is 2. The Hall–Kier alpha value is -4.58. The third-order valence-corrected chi connectivity index (χ3v) is 5.96. The van der Waals surface area contributed by atoms with Crippen LogP contribution in [0.2, 0.25) is 0 Å². The molecule has 0 fully saturated rings. The molecule has 0 saturated heterocycles. The predicted octanol–water partition coefficient (Wildman–Crippen LogP) is 4.71. The van der Waals surface area contributed by atoms with E-state index in [2.05, 4.69) is 23.1 Å². The van der Waals surface area contributed by atoms with Crippen LogP contribution in [0.4, 0.5) is 4.79 Å². The summed E-state index contributed by atoms with van der Waals surface area (Å²) in [6, 6.07) is 12.5. The van der Waals surface area contributed by atoms with Crippen LogP contribution >= 0.6 is 0 Å². The van der Waals surface area contributed by atoms with Crippen molar-refractivity contribution < 1.29 is 28.7 Å². The molecule has 2 aromatic carbocycles. The molecule has 0 saturated carbocycles. The van der Waals surface area contributed by atoms with Crippen molar-refractivity contribution in [1.82, 2.24) is 15.5 Å². The van der Waals surface area contributed by atoms with Gasteiger partial charge in [-0.2, -0.15) is 0 Å². The average Bonchev–Trinajstić information content (AvgIpc) is 2.91. The number of hydrogen-bond acceptors (Lipinski definition) is 6. The van der Waals surface area contributed by atoms with Crippen molar-refractivity contribution in [2.75, 3.05) is 6.54 Å². The Kier molecular flexibility index (Phi) is 12.1. The first-order valence-corrected chi connectivity index (χ1v) is 14.1. The number of ether oxygens (including phenoxy) is 2. The van der Waals surface area contributed by atoms with Crippen LogP contribution in [0.15, 0.2) is 67.3 Å². The molecule has 0 spiro atoms. The molecule has 3 unspecified atom stereocenters. The van der Waals surface area contributed by atoms with Gasteiger partial charge < -0.3 is 25.0 Å². The summed E-state index contributed by atoms with van der Waals surface area (Å²) in [6.45, 7) is 15.6. The van der Waals surface area contributed by atoms with Gasteiger partial charge in [0, 0.05) is 18.5 Å². The number of carbonyl (C=O) groups is 4. The number of alkyl carbamates (subject to hydrolysis) is 1. The van der Waals surface area contributed by atoms with Crippen molar-refractivity contribution in [2.45, 2.75) is 84.2 Å². The van der Waals surface area contributed by atoms with Gasteiger partial charge in [0.1, 0.15) is 29.3 Å². The predicted molar refractivity (Wildman–Crippen MR) is 166 cm³/mol. The maximum atomic E-state index is 14.1. The molecule has 43 heavy (non-hydrogen) atoms. The van der Waals surface area contributed by atoms with Gasteiger partial charge in [0.25, 0.3) is 0 Å². The van der Waals surface area contributed by atoms with Gasteiger partial charge in [0.2, 0.25) is 11.8 Å². The molecule has 0 radical (unpaired) electrons. The topological polar surface area (TPSA) is 114 Å². The summed E-state index contributed by atoms with van der Waals surface area (Å²) in [6.07, 6.45) is 6.39. The lowest BCUT2D eigenvalue weighted by Crippen LogP contribution is -2.54. The summed E-state index contributed by atoms with van der Waals surface area (Å²) in [5.74, 6) is 0.725. The number of terminal acetylenes is 1. The first-order valence-electron chi connectivity index (χ1n) is 14.1. The van der Waals surface area contributed by atoms with Crippen LogP contribution < -0.4 is 10.6 Å². The van der Waals surface area contributed by atoms with Gasteiger partial charge in [-0.3, -0.25) is 9.59 Å². The van der Waals surface area contributed by atoms with E-state index >= 15 is 0 Å². The van der Waals surface area contributed by atoms with Crippen LogP contribution in [0.3, 0.4) is 0 Å². The van der Waals surface area contributed by atoms with Crippen LogP contribution in [0.25, 0.3) is 0 Å². The average molecular weight is 590 g/mol. The van der Waals surface area contributed by atoms with E-state index in [-0.39, 0.29) is 13.0 Å². The number of nitrogens with zero attached hydrogens (tertiary/aromatic N) is 1. The number of nitrogens with one attached hydrogen (secondary N) is 2. The lowest BCUT2D eigenvalue weighted by atomic mass is 10.00. The van der Waals surface area contributed by atoms with Crippen LogP contribution in [0.5, 0.6) is 0 Å². The van der Waals surface area contributed by atoms with Crippen molar-refractivity contribution in [1.29, 1.82) is 0 Å². The zero-order valence-corrected chi connectivity index (χ0v) is 26.1. The van der Waals surface area contributed by atoms with Gasteiger partial charge in [-0.05, 0) is 71.7 Å². The largest absolute Gasteiger partial charge is 0.458 e. The zero-order valence-electron chi connectivity index (χ0n) is 26.1. The Morgan fingerprint density at radius 1 is 0.930 bits per heavy atom. The minimum Gasteiger partial charge on any atom is -0.458 e. The Bertz CT molecular complexity index is 1320. The first-order chi connectivity index (χ1) is 20.0. The van der Waals surface area contributed by atoms with E-state index in [0.717, 1.165) is 5.56 Å². The summed E-state index contributed by atoms with van der Waals surface area (Å²) >= 11 is 0. The molecule has 2 rings (SSSR count).